The van der Waals surface area contributed by atoms with Gasteiger partial charge in [0.1, 0.15) is 0 Å². The number of fused-ring (bicyclic) bond motifs is 2. The second kappa shape index (κ2) is 13.3. The van der Waals surface area contributed by atoms with Gasteiger partial charge in [-0.05, 0) is 123 Å². The number of aliphatic hydroxyl groups excluding tert-OH is 1. The van der Waals surface area contributed by atoms with E-state index >= 15 is 0 Å². The molecule has 10 unspecified atom stereocenters. The fourth-order valence-electron chi connectivity index (χ4n) is 12.1. The highest BCUT2D eigenvalue weighted by Gasteiger charge is 2.80. The van der Waals surface area contributed by atoms with Gasteiger partial charge in [-0.25, -0.2) is 0 Å². The Hall–Kier alpha value is -0.940. The van der Waals surface area contributed by atoms with Gasteiger partial charge >= 0.3 is 6.18 Å². The highest BCUT2D eigenvalue weighted by molar-refractivity contribution is 5.62. The van der Waals surface area contributed by atoms with Crippen molar-refractivity contribution < 1.29 is 42.8 Å². The van der Waals surface area contributed by atoms with Crippen molar-refractivity contribution in [2.45, 2.75) is 155 Å². The van der Waals surface area contributed by atoms with E-state index in [1.807, 2.05) is 18.7 Å². The standard InChI is InChI=1S/C35H58F3NO4.C2H4O2/c1-30(2,41)12-7-6-8-24-26(40)20-25-23-9-10-27-31(3,4)28(11-13-34(27)22-33(23,34)15-14-32(24,25)5)43-29-21-39(18-19-42-29)17-16-35(36,37)38;1-2(3)4/h23-29,40-41H,6-22H2,1-5H3;1H3,(H,3,4). The maximum atomic E-state index is 12.8. The van der Waals surface area contributed by atoms with E-state index in [9.17, 15) is 23.4 Å². The Bertz CT molecular complexity index is 1110. The van der Waals surface area contributed by atoms with Gasteiger partial charge in [0.05, 0.1) is 30.8 Å². The summed E-state index contributed by atoms with van der Waals surface area (Å²) in [6.07, 6.45) is 7.87. The van der Waals surface area contributed by atoms with Gasteiger partial charge in [0, 0.05) is 26.6 Å². The molecule has 272 valence electrons. The summed E-state index contributed by atoms with van der Waals surface area (Å²) in [5, 5.41) is 29.0. The van der Waals surface area contributed by atoms with E-state index in [1.54, 1.807) is 0 Å². The van der Waals surface area contributed by atoms with Gasteiger partial charge < -0.3 is 24.8 Å². The molecule has 47 heavy (non-hydrogen) atoms. The van der Waals surface area contributed by atoms with Gasteiger partial charge in [0.2, 0.25) is 0 Å². The van der Waals surface area contributed by atoms with Crippen molar-refractivity contribution in [1.29, 1.82) is 0 Å². The summed E-state index contributed by atoms with van der Waals surface area (Å²) in [6.45, 7) is 13.5. The Labute approximate surface area is 280 Å². The van der Waals surface area contributed by atoms with Gasteiger partial charge in [0.15, 0.2) is 6.29 Å². The molecule has 6 fully saturated rings. The summed E-state index contributed by atoms with van der Waals surface area (Å²) >= 11 is 0. The smallest absolute Gasteiger partial charge is 0.390 e. The Balaban J connectivity index is 0.00000103. The summed E-state index contributed by atoms with van der Waals surface area (Å²) in [5.74, 6) is 1.44. The lowest BCUT2D eigenvalue weighted by Crippen LogP contribution is -2.56. The molecule has 1 aliphatic heterocycles. The van der Waals surface area contributed by atoms with Crippen LogP contribution >= 0.6 is 0 Å². The minimum absolute atomic E-state index is 0.00685. The minimum Gasteiger partial charge on any atom is -0.481 e. The fraction of sp³-hybridized carbons (Fsp3) is 0.973. The van der Waals surface area contributed by atoms with Gasteiger partial charge in [-0.2, -0.15) is 13.2 Å². The van der Waals surface area contributed by atoms with Crippen molar-refractivity contribution in [1.82, 2.24) is 4.90 Å². The van der Waals surface area contributed by atoms with Gasteiger partial charge in [-0.1, -0.05) is 33.6 Å². The van der Waals surface area contributed by atoms with Crippen LogP contribution < -0.4 is 0 Å². The van der Waals surface area contributed by atoms with Crippen LogP contribution in [0.15, 0.2) is 0 Å². The van der Waals surface area contributed by atoms with Gasteiger partial charge in [-0.15, -0.1) is 0 Å². The number of hydrogen-bond donors (Lipinski definition) is 3. The third-order valence-corrected chi connectivity index (χ3v) is 14.2. The Morgan fingerprint density at radius 3 is 2.36 bits per heavy atom. The molecule has 5 aliphatic carbocycles. The fourth-order valence-corrected chi connectivity index (χ4v) is 12.1. The SMILES string of the molecule is CC(=O)O.CC(C)(O)CCCCC1C(O)CC2C3CCC4C(C)(C)C(OC5CN(CCC(F)(F)F)CCO5)CCC45CC35CCC12C. The number of unbranched alkanes of at least 4 members (excludes halogenated alkanes) is 1. The molecular formula is C37H62F3NO6. The molecular weight excluding hydrogens is 611 g/mol. The monoisotopic (exact) mass is 673 g/mol. The molecule has 10 heteroatoms. The van der Waals surface area contributed by atoms with E-state index in [1.165, 1.54) is 38.5 Å². The number of carboxylic acid groups (broad SMARTS) is 1. The number of aliphatic hydroxyl groups is 2. The summed E-state index contributed by atoms with van der Waals surface area (Å²) in [5.41, 5.74) is 0.376. The number of carbonyl (C=O) groups is 1. The lowest BCUT2D eigenvalue weighted by atomic mass is 9.46. The van der Waals surface area contributed by atoms with Crippen molar-refractivity contribution in [2.24, 2.45) is 45.3 Å². The number of aliphatic carboxylic acids is 1. The zero-order valence-electron chi connectivity index (χ0n) is 29.7. The predicted octanol–water partition coefficient (Wildman–Crippen LogP) is 7.42. The molecule has 0 radical (unpaired) electrons. The highest BCUT2D eigenvalue weighted by Crippen LogP contribution is 2.87. The molecule has 0 aromatic carbocycles. The average Bonchev–Trinajstić information content (AvgIpc) is 3.54. The number of carboxylic acids is 1. The normalized spacial score (nSPS) is 42.7. The van der Waals surface area contributed by atoms with Crippen LogP contribution in [0.1, 0.15) is 125 Å². The number of rotatable bonds is 9. The van der Waals surface area contributed by atoms with E-state index in [0.29, 0.717) is 54.2 Å². The number of halogens is 3. The second-order valence-electron chi connectivity index (χ2n) is 17.8. The lowest BCUT2D eigenvalue weighted by Gasteiger charge is -2.60. The zero-order valence-corrected chi connectivity index (χ0v) is 29.7. The molecule has 0 bridgehead atoms. The Kier molecular flexibility index (Phi) is 10.6. The van der Waals surface area contributed by atoms with Crippen LogP contribution in [0.5, 0.6) is 0 Å². The first-order chi connectivity index (χ1) is 21.7. The van der Waals surface area contributed by atoms with Crippen LogP contribution in [0.25, 0.3) is 0 Å². The number of ether oxygens (including phenoxy) is 2. The van der Waals surface area contributed by atoms with E-state index in [2.05, 4.69) is 20.8 Å². The number of hydrogen-bond acceptors (Lipinski definition) is 6. The largest absolute Gasteiger partial charge is 0.481 e. The summed E-state index contributed by atoms with van der Waals surface area (Å²) in [7, 11) is 0. The third kappa shape index (κ3) is 7.43. The Morgan fingerprint density at radius 2 is 1.70 bits per heavy atom. The topological polar surface area (TPSA) is 99.5 Å². The molecule has 6 rings (SSSR count). The molecule has 0 aromatic heterocycles. The summed E-state index contributed by atoms with van der Waals surface area (Å²) < 4.78 is 51.0. The van der Waals surface area contributed by atoms with Crippen LogP contribution in [0.4, 0.5) is 13.2 Å². The average molecular weight is 674 g/mol. The van der Waals surface area contributed by atoms with Gasteiger partial charge in [-0.3, -0.25) is 9.69 Å². The summed E-state index contributed by atoms with van der Waals surface area (Å²) in [6, 6.07) is 0. The maximum absolute atomic E-state index is 12.8. The maximum Gasteiger partial charge on any atom is 0.390 e. The first-order valence-corrected chi connectivity index (χ1v) is 18.4. The van der Waals surface area contributed by atoms with Crippen molar-refractivity contribution in [3.8, 4) is 0 Å². The van der Waals surface area contributed by atoms with E-state index in [0.717, 1.165) is 45.4 Å². The molecule has 7 nitrogen and oxygen atoms in total. The Morgan fingerprint density at radius 1 is 1.00 bits per heavy atom. The first-order valence-electron chi connectivity index (χ1n) is 18.4. The van der Waals surface area contributed by atoms with Crippen LogP contribution in [0, 0.1) is 45.3 Å². The lowest BCUT2D eigenvalue weighted by molar-refractivity contribution is -0.246. The van der Waals surface area contributed by atoms with Crippen LogP contribution in [0.2, 0.25) is 0 Å². The van der Waals surface area contributed by atoms with Crippen molar-refractivity contribution in [3.05, 3.63) is 0 Å². The number of morpholine rings is 1. The number of nitrogens with zero attached hydrogens (tertiary/aromatic N) is 1. The molecule has 6 aliphatic rings. The molecule has 3 N–H and O–H groups in total. The molecule has 0 aromatic rings. The quantitative estimate of drug-likeness (QED) is 0.219. The van der Waals surface area contributed by atoms with Crippen LogP contribution in [-0.2, 0) is 14.3 Å². The second-order valence-corrected chi connectivity index (χ2v) is 17.8. The van der Waals surface area contributed by atoms with Gasteiger partial charge in [0.25, 0.3) is 5.97 Å². The third-order valence-electron chi connectivity index (χ3n) is 14.2. The zero-order chi connectivity index (χ0) is 34.6. The van der Waals surface area contributed by atoms with Crippen LogP contribution in [-0.4, -0.2) is 82.7 Å². The molecule has 2 spiro atoms. The van der Waals surface area contributed by atoms with Crippen LogP contribution in [0.3, 0.4) is 0 Å². The van der Waals surface area contributed by atoms with E-state index in [-0.39, 0.29) is 29.6 Å². The molecule has 1 saturated heterocycles. The molecule has 5 saturated carbocycles. The predicted molar refractivity (Wildman–Crippen MR) is 173 cm³/mol. The molecule has 10 atom stereocenters. The highest BCUT2D eigenvalue weighted by atomic mass is 19.4. The number of alkyl halides is 3. The molecule has 0 amide bonds. The van der Waals surface area contributed by atoms with Crippen molar-refractivity contribution in [3.63, 3.8) is 0 Å². The van der Waals surface area contributed by atoms with Crippen molar-refractivity contribution >= 4 is 5.97 Å². The minimum atomic E-state index is -4.14. The first kappa shape index (κ1) is 37.3. The molecule has 1 heterocycles. The van der Waals surface area contributed by atoms with E-state index < -0.39 is 30.5 Å². The van der Waals surface area contributed by atoms with Crippen molar-refractivity contribution in [2.75, 3.05) is 26.2 Å². The summed E-state index contributed by atoms with van der Waals surface area (Å²) in [4.78, 5) is 10.8. The van der Waals surface area contributed by atoms with E-state index in [4.69, 9.17) is 19.4 Å².